The van der Waals surface area contributed by atoms with Crippen LogP contribution in [0.15, 0.2) is 18.3 Å². The van der Waals surface area contributed by atoms with Crippen LogP contribution >= 0.6 is 0 Å². The molecule has 1 aliphatic rings. The summed E-state index contributed by atoms with van der Waals surface area (Å²) in [5.74, 6) is 0.0362. The van der Waals surface area contributed by atoms with Gasteiger partial charge >= 0.3 is 0 Å². The van der Waals surface area contributed by atoms with Crippen molar-refractivity contribution in [3.05, 3.63) is 24.0 Å². The lowest BCUT2D eigenvalue weighted by atomic mass is 10.0. The average molecular weight is 246 g/mol. The van der Waals surface area contributed by atoms with E-state index in [4.69, 9.17) is 5.11 Å². The van der Waals surface area contributed by atoms with Gasteiger partial charge in [-0.2, -0.15) is 5.10 Å². The Morgan fingerprint density at radius 2 is 2.50 bits per heavy atom. The molecule has 94 valence electrons. The maximum atomic E-state index is 11.4. The molecule has 0 saturated carbocycles. The number of rotatable bonds is 2. The van der Waals surface area contributed by atoms with E-state index in [0.29, 0.717) is 18.7 Å². The van der Waals surface area contributed by atoms with Crippen molar-refractivity contribution in [3.63, 3.8) is 0 Å². The maximum absolute atomic E-state index is 11.4. The molecule has 1 amide bonds. The van der Waals surface area contributed by atoms with E-state index < -0.39 is 6.61 Å². The van der Waals surface area contributed by atoms with Gasteiger partial charge in [0.25, 0.3) is 0 Å². The molecule has 18 heavy (non-hydrogen) atoms. The molecule has 6 nitrogen and oxygen atoms in total. The van der Waals surface area contributed by atoms with Crippen molar-refractivity contribution in [2.45, 2.75) is 12.3 Å². The number of hydrogen-bond acceptors (Lipinski definition) is 4. The minimum Gasteiger partial charge on any atom is -0.387 e. The van der Waals surface area contributed by atoms with Crippen LogP contribution in [0.2, 0.25) is 0 Å². The van der Waals surface area contributed by atoms with Crippen LogP contribution in [-0.4, -0.2) is 50.8 Å². The third-order valence-corrected chi connectivity index (χ3v) is 3.44. The average Bonchev–Trinajstić information content (AvgIpc) is 3.03. The molecule has 2 aromatic rings. The molecule has 1 saturated heterocycles. The largest absolute Gasteiger partial charge is 0.387 e. The van der Waals surface area contributed by atoms with Gasteiger partial charge in [-0.1, -0.05) is 0 Å². The zero-order chi connectivity index (χ0) is 12.5. The quantitative estimate of drug-likeness (QED) is 0.796. The monoisotopic (exact) mass is 246 g/mol. The predicted octanol–water partition coefficient (Wildman–Crippen LogP) is 0.266. The molecule has 0 aliphatic carbocycles. The maximum Gasteiger partial charge on any atom is 0.248 e. The van der Waals surface area contributed by atoms with Gasteiger partial charge in [0.1, 0.15) is 6.61 Å². The molecule has 3 rings (SSSR count). The number of fused-ring (bicyclic) bond motifs is 1. The van der Waals surface area contributed by atoms with Crippen molar-refractivity contribution in [1.29, 1.82) is 0 Å². The van der Waals surface area contributed by atoms with E-state index in [9.17, 15) is 4.79 Å². The van der Waals surface area contributed by atoms with Crippen LogP contribution in [0.4, 0.5) is 0 Å². The molecule has 1 fully saturated rings. The third kappa shape index (κ3) is 1.74. The Labute approximate surface area is 104 Å². The lowest BCUT2D eigenvalue weighted by molar-refractivity contribution is -0.133. The van der Waals surface area contributed by atoms with E-state index in [-0.39, 0.29) is 11.8 Å². The summed E-state index contributed by atoms with van der Waals surface area (Å²) in [6, 6.07) is 3.87. The summed E-state index contributed by atoms with van der Waals surface area (Å²) in [7, 11) is 0. The molecule has 0 unspecified atom stereocenters. The van der Waals surface area contributed by atoms with Gasteiger partial charge in [0.05, 0.1) is 0 Å². The molecule has 0 radical (unpaired) electrons. The van der Waals surface area contributed by atoms with Crippen LogP contribution in [0, 0.1) is 0 Å². The van der Waals surface area contributed by atoms with Gasteiger partial charge in [-0.3, -0.25) is 9.89 Å². The standard InChI is InChI=1S/C12H14N4O2/c17-7-10(18)16-5-3-8(6-16)11-9-2-1-4-13-12(9)15-14-11/h1-2,4,8,17H,3,5-7H2,(H,13,14,15)/t8-/m0/s1. The van der Waals surface area contributed by atoms with Crippen molar-refractivity contribution in [2.24, 2.45) is 0 Å². The second-order valence-corrected chi connectivity index (χ2v) is 4.50. The van der Waals surface area contributed by atoms with Gasteiger partial charge in [-0.15, -0.1) is 0 Å². The van der Waals surface area contributed by atoms with E-state index in [1.807, 2.05) is 12.1 Å². The summed E-state index contributed by atoms with van der Waals surface area (Å²) < 4.78 is 0. The van der Waals surface area contributed by atoms with E-state index in [0.717, 1.165) is 17.5 Å². The zero-order valence-corrected chi connectivity index (χ0v) is 9.83. The minimum atomic E-state index is -0.419. The normalized spacial score (nSPS) is 19.6. The Morgan fingerprint density at radius 3 is 3.33 bits per heavy atom. The number of likely N-dealkylation sites (tertiary alicyclic amines) is 1. The fraction of sp³-hybridized carbons (Fsp3) is 0.417. The number of carbonyl (C=O) groups is 1. The van der Waals surface area contributed by atoms with Gasteiger partial charge in [-0.05, 0) is 18.6 Å². The lowest BCUT2D eigenvalue weighted by Crippen LogP contribution is -2.30. The smallest absolute Gasteiger partial charge is 0.248 e. The number of amides is 1. The minimum absolute atomic E-state index is 0.209. The first kappa shape index (κ1) is 11.2. The SMILES string of the molecule is O=C(CO)N1CC[C@H](c2[nH]nc3ncccc23)C1. The number of aliphatic hydroxyl groups excluding tert-OH is 1. The topological polar surface area (TPSA) is 82.1 Å². The molecule has 0 aromatic carbocycles. The Balaban J connectivity index is 1.86. The predicted molar refractivity (Wildman–Crippen MR) is 64.9 cm³/mol. The highest BCUT2D eigenvalue weighted by Crippen LogP contribution is 2.29. The van der Waals surface area contributed by atoms with Gasteiger partial charge < -0.3 is 10.0 Å². The highest BCUT2D eigenvalue weighted by molar-refractivity contribution is 5.79. The van der Waals surface area contributed by atoms with Crippen LogP contribution in [0.25, 0.3) is 11.0 Å². The van der Waals surface area contributed by atoms with E-state index in [1.54, 1.807) is 11.1 Å². The Kier molecular flexibility index (Phi) is 2.71. The molecular weight excluding hydrogens is 232 g/mol. The van der Waals surface area contributed by atoms with Crippen LogP contribution in [-0.2, 0) is 4.79 Å². The number of hydrogen-bond donors (Lipinski definition) is 2. The molecule has 2 N–H and O–H groups in total. The van der Waals surface area contributed by atoms with Crippen molar-refractivity contribution >= 4 is 16.9 Å². The Hall–Kier alpha value is -1.95. The van der Waals surface area contributed by atoms with Crippen molar-refractivity contribution in [1.82, 2.24) is 20.1 Å². The molecule has 6 heteroatoms. The summed E-state index contributed by atoms with van der Waals surface area (Å²) in [4.78, 5) is 17.3. The molecule has 0 bridgehead atoms. The van der Waals surface area contributed by atoms with Gasteiger partial charge in [0.2, 0.25) is 5.91 Å². The number of nitrogens with zero attached hydrogens (tertiary/aromatic N) is 3. The zero-order valence-electron chi connectivity index (χ0n) is 9.83. The van der Waals surface area contributed by atoms with Crippen molar-refractivity contribution < 1.29 is 9.90 Å². The first-order valence-electron chi connectivity index (χ1n) is 5.97. The molecule has 1 aliphatic heterocycles. The summed E-state index contributed by atoms with van der Waals surface area (Å²) in [5, 5.41) is 17.1. The Bertz CT molecular complexity index is 580. The summed E-state index contributed by atoms with van der Waals surface area (Å²) in [6.45, 7) is 0.897. The van der Waals surface area contributed by atoms with Crippen LogP contribution in [0.3, 0.4) is 0 Å². The van der Waals surface area contributed by atoms with E-state index in [2.05, 4.69) is 15.2 Å². The summed E-state index contributed by atoms with van der Waals surface area (Å²) in [5.41, 5.74) is 1.74. The number of aromatic amines is 1. The fourth-order valence-corrected chi connectivity index (χ4v) is 2.50. The van der Waals surface area contributed by atoms with Crippen molar-refractivity contribution in [3.8, 4) is 0 Å². The first-order chi connectivity index (χ1) is 8.79. The fourth-order valence-electron chi connectivity index (χ4n) is 2.50. The molecule has 1 atom stereocenters. The number of aliphatic hydroxyl groups is 1. The van der Waals surface area contributed by atoms with Crippen LogP contribution < -0.4 is 0 Å². The summed E-state index contributed by atoms with van der Waals surface area (Å²) >= 11 is 0. The highest BCUT2D eigenvalue weighted by atomic mass is 16.3. The molecule has 2 aromatic heterocycles. The van der Waals surface area contributed by atoms with Crippen molar-refractivity contribution in [2.75, 3.05) is 19.7 Å². The number of nitrogens with one attached hydrogen (secondary N) is 1. The van der Waals surface area contributed by atoms with Crippen LogP contribution in [0.1, 0.15) is 18.0 Å². The lowest BCUT2D eigenvalue weighted by Gasteiger charge is -2.14. The van der Waals surface area contributed by atoms with Gasteiger partial charge in [0.15, 0.2) is 5.65 Å². The number of carbonyl (C=O) groups excluding carboxylic acids is 1. The third-order valence-electron chi connectivity index (χ3n) is 3.44. The molecule has 3 heterocycles. The molecular formula is C12H14N4O2. The Morgan fingerprint density at radius 1 is 1.61 bits per heavy atom. The molecule has 0 spiro atoms. The number of pyridine rings is 1. The van der Waals surface area contributed by atoms with E-state index in [1.165, 1.54) is 0 Å². The van der Waals surface area contributed by atoms with Crippen LogP contribution in [0.5, 0.6) is 0 Å². The summed E-state index contributed by atoms with van der Waals surface area (Å²) in [6.07, 6.45) is 2.60. The number of H-pyrrole nitrogens is 1. The second kappa shape index (κ2) is 4.38. The van der Waals surface area contributed by atoms with E-state index >= 15 is 0 Å². The number of aromatic nitrogens is 3. The second-order valence-electron chi connectivity index (χ2n) is 4.50. The van der Waals surface area contributed by atoms with Gasteiger partial charge in [-0.25, -0.2) is 4.98 Å². The highest BCUT2D eigenvalue weighted by Gasteiger charge is 2.29. The van der Waals surface area contributed by atoms with Gasteiger partial charge in [0, 0.05) is 36.3 Å². The first-order valence-corrected chi connectivity index (χ1v) is 5.97.